The highest BCUT2D eigenvalue weighted by Gasteiger charge is 2.20. The fourth-order valence-electron chi connectivity index (χ4n) is 1.26. The second-order valence-electron chi connectivity index (χ2n) is 3.77. The Balaban J connectivity index is 2.52. The number of hydrogen-bond acceptors (Lipinski definition) is 5. The second-order valence-corrected chi connectivity index (χ2v) is 3.77. The fourth-order valence-corrected chi connectivity index (χ4v) is 1.26. The number of aliphatic hydroxyl groups excluding tert-OH is 2. The van der Waals surface area contributed by atoms with E-state index in [0.717, 1.165) is 5.57 Å². The standard InChI is InChI=1S/C10H16N2O3/c11-10(12)3-1-7(2-4-10)5-8(14)9(15)6-13/h1-3,9,13,15H,4-6,11-12H2. The van der Waals surface area contributed by atoms with Crippen molar-refractivity contribution < 1.29 is 15.0 Å². The molecule has 0 fully saturated rings. The molecule has 5 nitrogen and oxygen atoms in total. The number of Topliss-reactive ketones (excluding diaryl/α,β-unsaturated/α-hetero) is 1. The van der Waals surface area contributed by atoms with Crippen LogP contribution in [0.4, 0.5) is 0 Å². The summed E-state index contributed by atoms with van der Waals surface area (Å²) in [6, 6.07) is 0. The summed E-state index contributed by atoms with van der Waals surface area (Å²) >= 11 is 0. The lowest BCUT2D eigenvalue weighted by atomic mass is 9.95. The first-order valence-electron chi connectivity index (χ1n) is 4.72. The minimum Gasteiger partial charge on any atom is -0.393 e. The van der Waals surface area contributed by atoms with Crippen LogP contribution in [0.2, 0.25) is 0 Å². The molecule has 0 aliphatic heterocycles. The number of rotatable bonds is 4. The summed E-state index contributed by atoms with van der Waals surface area (Å²) in [4.78, 5) is 11.3. The molecule has 0 amide bonds. The molecule has 0 saturated heterocycles. The molecule has 1 aliphatic carbocycles. The first-order valence-corrected chi connectivity index (χ1v) is 4.72. The zero-order valence-corrected chi connectivity index (χ0v) is 8.39. The maximum Gasteiger partial charge on any atom is 0.167 e. The molecule has 0 heterocycles. The summed E-state index contributed by atoms with van der Waals surface area (Å²) in [5.41, 5.74) is 11.2. The van der Waals surface area contributed by atoms with Gasteiger partial charge in [-0.1, -0.05) is 12.2 Å². The van der Waals surface area contributed by atoms with Gasteiger partial charge in [-0.25, -0.2) is 0 Å². The Morgan fingerprint density at radius 3 is 2.73 bits per heavy atom. The van der Waals surface area contributed by atoms with Crippen LogP contribution in [-0.4, -0.2) is 34.4 Å². The van der Waals surface area contributed by atoms with Gasteiger partial charge in [0.05, 0.1) is 12.3 Å². The van der Waals surface area contributed by atoms with Crippen molar-refractivity contribution in [2.45, 2.75) is 24.6 Å². The van der Waals surface area contributed by atoms with Gasteiger partial charge >= 0.3 is 0 Å². The van der Waals surface area contributed by atoms with Crippen molar-refractivity contribution in [3.8, 4) is 0 Å². The number of hydrogen-bond donors (Lipinski definition) is 4. The highest BCUT2D eigenvalue weighted by Crippen LogP contribution is 2.17. The molecule has 0 aromatic rings. The molecule has 0 aromatic heterocycles. The van der Waals surface area contributed by atoms with E-state index in [1.165, 1.54) is 0 Å². The highest BCUT2D eigenvalue weighted by molar-refractivity contribution is 5.85. The first-order chi connectivity index (χ1) is 6.94. The molecule has 0 aromatic carbocycles. The Morgan fingerprint density at radius 2 is 2.27 bits per heavy atom. The molecular weight excluding hydrogens is 196 g/mol. The normalized spacial score (nSPS) is 20.9. The second kappa shape index (κ2) is 4.67. The lowest BCUT2D eigenvalue weighted by molar-refractivity contribution is -0.128. The first kappa shape index (κ1) is 12.1. The average molecular weight is 212 g/mol. The van der Waals surface area contributed by atoms with Gasteiger partial charge < -0.3 is 21.7 Å². The van der Waals surface area contributed by atoms with Gasteiger partial charge in [0.1, 0.15) is 6.10 Å². The van der Waals surface area contributed by atoms with Crippen LogP contribution in [0, 0.1) is 0 Å². The van der Waals surface area contributed by atoms with Crippen LogP contribution in [0.15, 0.2) is 23.8 Å². The molecule has 5 heteroatoms. The molecule has 1 rings (SSSR count). The third-order valence-electron chi connectivity index (χ3n) is 2.25. The predicted molar refractivity (Wildman–Crippen MR) is 55.7 cm³/mol. The van der Waals surface area contributed by atoms with Crippen molar-refractivity contribution in [2.75, 3.05) is 6.61 Å². The van der Waals surface area contributed by atoms with Crippen molar-refractivity contribution in [1.29, 1.82) is 0 Å². The molecule has 1 aliphatic rings. The summed E-state index contributed by atoms with van der Waals surface area (Å²) in [7, 11) is 0. The van der Waals surface area contributed by atoms with Gasteiger partial charge in [0, 0.05) is 12.8 Å². The largest absolute Gasteiger partial charge is 0.393 e. The summed E-state index contributed by atoms with van der Waals surface area (Å²) in [5.74, 6) is -0.407. The van der Waals surface area contributed by atoms with E-state index in [9.17, 15) is 4.79 Å². The lowest BCUT2D eigenvalue weighted by Crippen LogP contribution is -2.47. The van der Waals surface area contributed by atoms with Crippen LogP contribution < -0.4 is 11.5 Å². The zero-order chi connectivity index (χ0) is 11.5. The van der Waals surface area contributed by atoms with Crippen molar-refractivity contribution in [1.82, 2.24) is 0 Å². The molecule has 0 radical (unpaired) electrons. The van der Waals surface area contributed by atoms with E-state index in [1.807, 2.05) is 0 Å². The van der Waals surface area contributed by atoms with Gasteiger partial charge in [0.25, 0.3) is 0 Å². The van der Waals surface area contributed by atoms with Gasteiger partial charge in [0.15, 0.2) is 5.78 Å². The highest BCUT2D eigenvalue weighted by atomic mass is 16.3. The molecule has 6 N–H and O–H groups in total. The van der Waals surface area contributed by atoms with Crippen molar-refractivity contribution in [3.05, 3.63) is 23.8 Å². The van der Waals surface area contributed by atoms with Gasteiger partial charge in [-0.15, -0.1) is 0 Å². The van der Waals surface area contributed by atoms with Crippen LogP contribution in [-0.2, 0) is 4.79 Å². The lowest BCUT2D eigenvalue weighted by Gasteiger charge is -2.22. The third kappa shape index (κ3) is 3.56. The Labute approximate surface area is 88.1 Å². The monoisotopic (exact) mass is 212 g/mol. The van der Waals surface area contributed by atoms with Crippen LogP contribution in [0.3, 0.4) is 0 Å². The molecule has 0 saturated carbocycles. The van der Waals surface area contributed by atoms with E-state index < -0.39 is 24.2 Å². The summed E-state index contributed by atoms with van der Waals surface area (Å²) in [6.45, 7) is -0.548. The van der Waals surface area contributed by atoms with Gasteiger partial charge in [0.2, 0.25) is 0 Å². The maximum absolute atomic E-state index is 11.3. The average Bonchev–Trinajstić information content (AvgIpc) is 2.20. The van der Waals surface area contributed by atoms with Crippen LogP contribution >= 0.6 is 0 Å². The van der Waals surface area contributed by atoms with E-state index >= 15 is 0 Å². The van der Waals surface area contributed by atoms with E-state index in [1.54, 1.807) is 18.2 Å². The molecule has 1 atom stereocenters. The Hall–Kier alpha value is -1.01. The summed E-state index contributed by atoms with van der Waals surface area (Å²) < 4.78 is 0. The number of aliphatic hydroxyl groups is 2. The third-order valence-corrected chi connectivity index (χ3v) is 2.25. The van der Waals surface area contributed by atoms with E-state index in [-0.39, 0.29) is 6.42 Å². The minimum absolute atomic E-state index is 0.0916. The minimum atomic E-state index is -1.30. The number of allylic oxidation sites excluding steroid dienone is 2. The van der Waals surface area contributed by atoms with Gasteiger partial charge in [-0.2, -0.15) is 0 Å². The summed E-state index contributed by atoms with van der Waals surface area (Å²) in [6.07, 6.45) is 4.31. The molecule has 0 spiro atoms. The fraction of sp³-hybridized carbons (Fsp3) is 0.500. The smallest absolute Gasteiger partial charge is 0.167 e. The molecular formula is C10H16N2O3. The Kier molecular flexibility index (Phi) is 3.76. The molecule has 1 unspecified atom stereocenters. The summed E-state index contributed by atoms with van der Waals surface area (Å²) in [5, 5.41) is 17.6. The van der Waals surface area contributed by atoms with Crippen molar-refractivity contribution in [2.24, 2.45) is 11.5 Å². The van der Waals surface area contributed by atoms with Crippen LogP contribution in [0.1, 0.15) is 12.8 Å². The SMILES string of the molecule is NC1(N)C=CC(CC(=O)C(O)CO)=CC1. The van der Waals surface area contributed by atoms with E-state index in [0.29, 0.717) is 6.42 Å². The zero-order valence-electron chi connectivity index (χ0n) is 8.39. The van der Waals surface area contributed by atoms with Gasteiger partial charge in [-0.3, -0.25) is 4.79 Å². The van der Waals surface area contributed by atoms with Crippen molar-refractivity contribution in [3.63, 3.8) is 0 Å². The molecule has 15 heavy (non-hydrogen) atoms. The van der Waals surface area contributed by atoms with E-state index in [4.69, 9.17) is 21.7 Å². The van der Waals surface area contributed by atoms with E-state index in [2.05, 4.69) is 0 Å². The van der Waals surface area contributed by atoms with Crippen LogP contribution in [0.25, 0.3) is 0 Å². The van der Waals surface area contributed by atoms with Gasteiger partial charge in [-0.05, 0) is 11.6 Å². The predicted octanol–water partition coefficient (Wildman–Crippen LogP) is -1.20. The topological polar surface area (TPSA) is 110 Å². The quantitative estimate of drug-likeness (QED) is 0.437. The van der Waals surface area contributed by atoms with Crippen molar-refractivity contribution >= 4 is 5.78 Å². The Morgan fingerprint density at radius 1 is 1.60 bits per heavy atom. The molecule has 0 bridgehead atoms. The number of carbonyl (C=O) groups excluding carboxylic acids is 1. The number of ketones is 1. The maximum atomic E-state index is 11.3. The number of carbonyl (C=O) groups is 1. The Bertz CT molecular complexity index is 308. The number of nitrogens with two attached hydrogens (primary N) is 2. The van der Waals surface area contributed by atoms with Crippen LogP contribution in [0.5, 0.6) is 0 Å². The molecule has 84 valence electrons.